The fourth-order valence-electron chi connectivity index (χ4n) is 2.61. The fraction of sp³-hybridized carbons (Fsp3) is 0.600. The van der Waals surface area contributed by atoms with E-state index in [2.05, 4.69) is 11.6 Å². The zero-order valence-electron chi connectivity index (χ0n) is 11.8. The minimum Gasteiger partial charge on any atom is -0.309 e. The molecule has 1 aliphatic carbocycles. The van der Waals surface area contributed by atoms with Crippen LogP contribution in [-0.4, -0.2) is 17.5 Å². The van der Waals surface area contributed by atoms with Gasteiger partial charge in [0.2, 0.25) is 0 Å². The van der Waals surface area contributed by atoms with Gasteiger partial charge in [-0.1, -0.05) is 24.6 Å². The molecule has 5 heteroatoms. The summed E-state index contributed by atoms with van der Waals surface area (Å²) >= 11 is 1.82. The molecular formula is C15H20F3NS. The maximum absolute atomic E-state index is 13.0. The topological polar surface area (TPSA) is 12.0 Å². The van der Waals surface area contributed by atoms with E-state index >= 15 is 0 Å². The van der Waals surface area contributed by atoms with Crippen molar-refractivity contribution in [2.75, 3.05) is 12.8 Å². The molecule has 1 saturated carbocycles. The molecule has 0 aliphatic heterocycles. The largest absolute Gasteiger partial charge is 0.416 e. The lowest BCUT2D eigenvalue weighted by atomic mass is 9.84. The van der Waals surface area contributed by atoms with E-state index in [-0.39, 0.29) is 10.8 Å². The molecule has 0 bridgehead atoms. The predicted molar refractivity (Wildman–Crippen MR) is 78.0 cm³/mol. The molecule has 0 aromatic heterocycles. The lowest BCUT2D eigenvalue weighted by molar-refractivity contribution is -0.138. The molecule has 1 aromatic rings. The highest BCUT2D eigenvalue weighted by molar-refractivity contribution is 8.00. The summed E-state index contributed by atoms with van der Waals surface area (Å²) in [6.45, 7) is 2.57. The molecule has 0 saturated heterocycles. The summed E-state index contributed by atoms with van der Waals surface area (Å²) in [5.74, 6) is 0. The molecule has 0 spiro atoms. The second-order valence-electron chi connectivity index (χ2n) is 5.43. The molecule has 0 radical (unpaired) electrons. The van der Waals surface area contributed by atoms with Crippen molar-refractivity contribution >= 4 is 11.8 Å². The number of thioether (sulfide) groups is 1. The van der Waals surface area contributed by atoms with E-state index in [1.807, 2.05) is 11.8 Å². The van der Waals surface area contributed by atoms with Gasteiger partial charge in [0, 0.05) is 17.3 Å². The Morgan fingerprint density at radius 3 is 2.45 bits per heavy atom. The van der Waals surface area contributed by atoms with Gasteiger partial charge in [-0.05, 0) is 37.7 Å². The standard InChI is InChI=1S/C15H20F3NS/c1-11(19-10-14(20-2)8-5-9-14)12-6-3-4-7-13(12)15(16,17)18/h3-4,6-7,11,19H,5,8-10H2,1-2H3. The van der Waals surface area contributed by atoms with E-state index in [1.54, 1.807) is 19.1 Å². The predicted octanol–water partition coefficient (Wildman–Crippen LogP) is 4.64. The molecule has 20 heavy (non-hydrogen) atoms. The number of hydrogen-bond acceptors (Lipinski definition) is 2. The van der Waals surface area contributed by atoms with Gasteiger partial charge in [0.25, 0.3) is 0 Å². The van der Waals surface area contributed by atoms with Crippen molar-refractivity contribution in [1.29, 1.82) is 0 Å². The van der Waals surface area contributed by atoms with Crippen LogP contribution in [0, 0.1) is 0 Å². The summed E-state index contributed by atoms with van der Waals surface area (Å²) in [5.41, 5.74) is -0.206. The maximum Gasteiger partial charge on any atom is 0.416 e. The second kappa shape index (κ2) is 5.98. The maximum atomic E-state index is 13.0. The number of benzene rings is 1. The summed E-state index contributed by atoms with van der Waals surface area (Å²) in [6, 6.07) is 5.52. The Balaban J connectivity index is 2.08. The molecule has 1 aromatic carbocycles. The van der Waals surface area contributed by atoms with Crippen molar-refractivity contribution in [2.45, 2.75) is 43.2 Å². The van der Waals surface area contributed by atoms with Gasteiger partial charge in [0.15, 0.2) is 0 Å². The lowest BCUT2D eigenvalue weighted by Gasteiger charge is -2.41. The van der Waals surface area contributed by atoms with Crippen molar-refractivity contribution in [3.63, 3.8) is 0 Å². The molecule has 1 N–H and O–H groups in total. The average Bonchev–Trinajstić information content (AvgIpc) is 2.37. The molecule has 1 aliphatic rings. The van der Waals surface area contributed by atoms with E-state index in [4.69, 9.17) is 0 Å². The first-order valence-corrected chi connectivity index (χ1v) is 8.05. The average molecular weight is 303 g/mol. The van der Waals surface area contributed by atoms with E-state index in [0.717, 1.165) is 25.5 Å². The highest BCUT2D eigenvalue weighted by Crippen LogP contribution is 2.42. The highest BCUT2D eigenvalue weighted by Gasteiger charge is 2.37. The van der Waals surface area contributed by atoms with Crippen LogP contribution in [0.25, 0.3) is 0 Å². The number of nitrogens with one attached hydrogen (secondary N) is 1. The van der Waals surface area contributed by atoms with Crippen LogP contribution in [0.1, 0.15) is 43.4 Å². The second-order valence-corrected chi connectivity index (χ2v) is 6.70. The van der Waals surface area contributed by atoms with Crippen LogP contribution in [0.15, 0.2) is 24.3 Å². The minimum absolute atomic E-state index is 0.224. The van der Waals surface area contributed by atoms with Crippen molar-refractivity contribution in [2.24, 2.45) is 0 Å². The molecule has 1 fully saturated rings. The zero-order valence-corrected chi connectivity index (χ0v) is 12.6. The first-order valence-electron chi connectivity index (χ1n) is 6.83. The van der Waals surface area contributed by atoms with Crippen LogP contribution in [0.5, 0.6) is 0 Å². The van der Waals surface area contributed by atoms with Crippen molar-refractivity contribution < 1.29 is 13.2 Å². The lowest BCUT2D eigenvalue weighted by Crippen LogP contribution is -2.44. The monoisotopic (exact) mass is 303 g/mol. The Bertz CT molecular complexity index is 449. The molecule has 0 heterocycles. The van der Waals surface area contributed by atoms with Crippen LogP contribution >= 0.6 is 11.8 Å². The van der Waals surface area contributed by atoms with Crippen molar-refractivity contribution in [3.05, 3.63) is 35.4 Å². The molecule has 1 unspecified atom stereocenters. The Hall–Kier alpha value is -0.680. The van der Waals surface area contributed by atoms with Crippen LogP contribution < -0.4 is 5.32 Å². The van der Waals surface area contributed by atoms with Crippen LogP contribution in [0.4, 0.5) is 13.2 Å². The summed E-state index contributed by atoms with van der Waals surface area (Å²) in [5, 5.41) is 3.28. The highest BCUT2D eigenvalue weighted by atomic mass is 32.2. The number of halogens is 3. The number of alkyl halides is 3. The van der Waals surface area contributed by atoms with Crippen LogP contribution in [0.2, 0.25) is 0 Å². The van der Waals surface area contributed by atoms with E-state index in [0.29, 0.717) is 5.56 Å². The molecule has 112 valence electrons. The summed E-state index contributed by atoms with van der Waals surface area (Å²) < 4.78 is 39.2. The Labute approximate surface area is 122 Å². The van der Waals surface area contributed by atoms with Crippen LogP contribution in [-0.2, 0) is 6.18 Å². The molecule has 1 atom stereocenters. The van der Waals surface area contributed by atoms with E-state index in [9.17, 15) is 13.2 Å². The summed E-state index contributed by atoms with van der Waals surface area (Å²) in [7, 11) is 0. The first-order chi connectivity index (χ1) is 9.38. The van der Waals surface area contributed by atoms with E-state index < -0.39 is 11.7 Å². The molecule has 2 rings (SSSR count). The first kappa shape index (κ1) is 15.7. The van der Waals surface area contributed by atoms with Gasteiger partial charge in [0.1, 0.15) is 0 Å². The number of rotatable bonds is 5. The third kappa shape index (κ3) is 3.31. The zero-order chi connectivity index (χ0) is 14.8. The molecular weight excluding hydrogens is 283 g/mol. The summed E-state index contributed by atoms with van der Waals surface area (Å²) in [4.78, 5) is 0. The van der Waals surface area contributed by atoms with Gasteiger partial charge >= 0.3 is 6.18 Å². The summed E-state index contributed by atoms with van der Waals surface area (Å²) in [6.07, 6.45) is 1.30. The van der Waals surface area contributed by atoms with Gasteiger partial charge in [-0.3, -0.25) is 0 Å². The Morgan fingerprint density at radius 2 is 1.95 bits per heavy atom. The van der Waals surface area contributed by atoms with Gasteiger partial charge in [0.05, 0.1) is 5.56 Å². The van der Waals surface area contributed by atoms with Crippen LogP contribution in [0.3, 0.4) is 0 Å². The van der Waals surface area contributed by atoms with Gasteiger partial charge in [-0.25, -0.2) is 0 Å². The third-order valence-electron chi connectivity index (χ3n) is 4.16. The fourth-order valence-corrected chi connectivity index (χ4v) is 3.53. The van der Waals surface area contributed by atoms with Gasteiger partial charge in [-0.15, -0.1) is 0 Å². The Kier molecular flexibility index (Phi) is 4.69. The molecule has 1 nitrogen and oxygen atoms in total. The quantitative estimate of drug-likeness (QED) is 0.850. The van der Waals surface area contributed by atoms with Gasteiger partial charge < -0.3 is 5.32 Å². The molecule has 0 amide bonds. The normalized spacial score (nSPS) is 19.4. The van der Waals surface area contributed by atoms with Crippen molar-refractivity contribution in [3.8, 4) is 0 Å². The van der Waals surface area contributed by atoms with Gasteiger partial charge in [-0.2, -0.15) is 24.9 Å². The minimum atomic E-state index is -4.29. The van der Waals surface area contributed by atoms with E-state index in [1.165, 1.54) is 12.5 Å². The Morgan fingerprint density at radius 1 is 1.30 bits per heavy atom. The smallest absolute Gasteiger partial charge is 0.309 e. The van der Waals surface area contributed by atoms with Crippen molar-refractivity contribution in [1.82, 2.24) is 5.32 Å². The SMILES string of the molecule is CSC1(CNC(C)c2ccccc2C(F)(F)F)CCC1. The third-order valence-corrected chi connectivity index (χ3v) is 5.58. The number of hydrogen-bond donors (Lipinski definition) is 1.